The van der Waals surface area contributed by atoms with Gasteiger partial charge >= 0.3 is 0 Å². The van der Waals surface area contributed by atoms with E-state index < -0.39 is 21.9 Å². The number of carbonyl (C=O) groups excluding carboxylic acids is 2. The maximum absolute atomic E-state index is 13.8. The van der Waals surface area contributed by atoms with E-state index in [9.17, 15) is 22.4 Å². The van der Waals surface area contributed by atoms with Crippen LogP contribution in [0.15, 0.2) is 78.9 Å². The van der Waals surface area contributed by atoms with Crippen LogP contribution in [0.3, 0.4) is 0 Å². The molecule has 1 N–H and O–H groups in total. The van der Waals surface area contributed by atoms with Gasteiger partial charge in [0.2, 0.25) is 21.8 Å². The summed E-state index contributed by atoms with van der Waals surface area (Å²) >= 11 is 6.21. The minimum Gasteiger partial charge on any atom is -0.354 e. The van der Waals surface area contributed by atoms with Crippen molar-refractivity contribution < 1.29 is 22.4 Å². The van der Waals surface area contributed by atoms with E-state index in [2.05, 4.69) is 5.32 Å². The molecule has 1 atom stereocenters. The summed E-state index contributed by atoms with van der Waals surface area (Å²) in [5.74, 6) is -1.03. The summed E-state index contributed by atoms with van der Waals surface area (Å²) in [6.45, 7) is 2.61. The minimum absolute atomic E-state index is 0.000127. The zero-order valence-electron chi connectivity index (χ0n) is 22.7. The van der Waals surface area contributed by atoms with Crippen molar-refractivity contribution in [2.24, 2.45) is 0 Å². The van der Waals surface area contributed by atoms with Crippen LogP contribution in [0.25, 0.3) is 0 Å². The Morgan fingerprint density at radius 3 is 2.27 bits per heavy atom. The first-order chi connectivity index (χ1) is 19.1. The largest absolute Gasteiger partial charge is 0.354 e. The standard InChI is InChI=1S/C30H35ClFN3O4S/c1-3-18-33-30(37)28(21-23-9-5-4-6-10-23)34(22-24-11-7-12-25(31)20-24)29(36)13-8-19-35(40(2,38)39)27-16-14-26(32)15-17-27/h4-7,9-12,14-17,20,28H,3,8,13,18-19,21-22H2,1-2H3,(H,33,37). The van der Waals surface area contributed by atoms with Gasteiger partial charge in [0.1, 0.15) is 11.9 Å². The fourth-order valence-electron chi connectivity index (χ4n) is 4.36. The van der Waals surface area contributed by atoms with Gasteiger partial charge in [0.25, 0.3) is 0 Å². The summed E-state index contributed by atoms with van der Waals surface area (Å²) in [4.78, 5) is 28.7. The molecule has 2 amide bonds. The summed E-state index contributed by atoms with van der Waals surface area (Å²) in [5.41, 5.74) is 1.99. The number of anilines is 1. The molecule has 0 fully saturated rings. The van der Waals surface area contributed by atoms with E-state index >= 15 is 0 Å². The molecule has 0 heterocycles. The van der Waals surface area contributed by atoms with Crippen molar-refractivity contribution in [2.75, 3.05) is 23.7 Å². The molecule has 214 valence electrons. The molecule has 0 bridgehead atoms. The first-order valence-corrected chi connectivity index (χ1v) is 15.4. The highest BCUT2D eigenvalue weighted by Gasteiger charge is 2.30. The second-order valence-electron chi connectivity index (χ2n) is 9.56. The lowest BCUT2D eigenvalue weighted by molar-refractivity contribution is -0.141. The van der Waals surface area contributed by atoms with Crippen LogP contribution in [0.1, 0.15) is 37.3 Å². The number of hydrogen-bond acceptors (Lipinski definition) is 4. The van der Waals surface area contributed by atoms with Crippen molar-refractivity contribution in [3.05, 3.63) is 101 Å². The molecular formula is C30H35ClFN3O4S. The average Bonchev–Trinajstić information content (AvgIpc) is 2.92. The first-order valence-electron chi connectivity index (χ1n) is 13.2. The minimum atomic E-state index is -3.68. The van der Waals surface area contributed by atoms with Crippen LogP contribution in [0.4, 0.5) is 10.1 Å². The van der Waals surface area contributed by atoms with Crippen LogP contribution >= 0.6 is 11.6 Å². The van der Waals surface area contributed by atoms with Gasteiger partial charge in [-0.15, -0.1) is 0 Å². The van der Waals surface area contributed by atoms with Crippen LogP contribution in [0.2, 0.25) is 5.02 Å². The van der Waals surface area contributed by atoms with E-state index in [1.54, 1.807) is 23.1 Å². The fraction of sp³-hybridized carbons (Fsp3) is 0.333. The quantitative estimate of drug-likeness (QED) is 0.281. The van der Waals surface area contributed by atoms with Crippen LogP contribution < -0.4 is 9.62 Å². The van der Waals surface area contributed by atoms with E-state index in [-0.39, 0.29) is 37.7 Å². The number of nitrogens with one attached hydrogen (secondary N) is 1. The summed E-state index contributed by atoms with van der Waals surface area (Å²) in [6.07, 6.45) is 2.33. The van der Waals surface area contributed by atoms with E-state index in [0.29, 0.717) is 23.7 Å². The Hall–Kier alpha value is -3.43. The predicted octanol–water partition coefficient (Wildman–Crippen LogP) is 5.19. The molecule has 0 aliphatic heterocycles. The number of halogens is 2. The van der Waals surface area contributed by atoms with Gasteiger partial charge in [0, 0.05) is 37.5 Å². The highest BCUT2D eigenvalue weighted by Crippen LogP contribution is 2.21. The van der Waals surface area contributed by atoms with Crippen molar-refractivity contribution in [1.82, 2.24) is 10.2 Å². The van der Waals surface area contributed by atoms with Gasteiger partial charge in [-0.05, 0) is 60.4 Å². The van der Waals surface area contributed by atoms with E-state index in [1.165, 1.54) is 24.3 Å². The van der Waals surface area contributed by atoms with Gasteiger partial charge in [-0.1, -0.05) is 61.0 Å². The van der Waals surface area contributed by atoms with Crippen LogP contribution in [0.5, 0.6) is 0 Å². The molecule has 0 radical (unpaired) electrons. The van der Waals surface area contributed by atoms with Crippen LogP contribution in [-0.2, 0) is 32.6 Å². The number of benzene rings is 3. The van der Waals surface area contributed by atoms with Gasteiger partial charge < -0.3 is 10.2 Å². The molecule has 7 nitrogen and oxygen atoms in total. The van der Waals surface area contributed by atoms with E-state index in [0.717, 1.165) is 28.1 Å². The Balaban J connectivity index is 1.86. The summed E-state index contributed by atoms with van der Waals surface area (Å²) in [6, 6.07) is 21.0. The highest BCUT2D eigenvalue weighted by molar-refractivity contribution is 7.92. The smallest absolute Gasteiger partial charge is 0.243 e. The third-order valence-corrected chi connectivity index (χ3v) is 7.76. The topological polar surface area (TPSA) is 86.8 Å². The van der Waals surface area contributed by atoms with Gasteiger partial charge in [0.15, 0.2) is 0 Å². The zero-order chi connectivity index (χ0) is 29.1. The van der Waals surface area contributed by atoms with Gasteiger partial charge in [-0.25, -0.2) is 12.8 Å². The molecule has 1 unspecified atom stereocenters. The van der Waals surface area contributed by atoms with Crippen LogP contribution in [-0.4, -0.2) is 50.5 Å². The molecule has 0 spiro atoms. The Kier molecular flexibility index (Phi) is 11.5. The molecule has 3 rings (SSSR count). The van der Waals surface area contributed by atoms with Gasteiger partial charge in [-0.3, -0.25) is 13.9 Å². The molecule has 0 saturated heterocycles. The number of nitrogens with zero attached hydrogens (tertiary/aromatic N) is 2. The molecule has 3 aromatic rings. The molecule has 40 heavy (non-hydrogen) atoms. The van der Waals surface area contributed by atoms with Crippen molar-refractivity contribution in [3.8, 4) is 0 Å². The molecule has 10 heteroatoms. The summed E-state index contributed by atoms with van der Waals surface area (Å²) in [7, 11) is -3.68. The summed E-state index contributed by atoms with van der Waals surface area (Å²) in [5, 5.41) is 3.45. The third kappa shape index (κ3) is 9.34. The molecule has 0 aliphatic rings. The zero-order valence-corrected chi connectivity index (χ0v) is 24.3. The van der Waals surface area contributed by atoms with Crippen LogP contribution in [0, 0.1) is 5.82 Å². The second-order valence-corrected chi connectivity index (χ2v) is 11.9. The Morgan fingerprint density at radius 1 is 0.975 bits per heavy atom. The normalized spacial score (nSPS) is 12.0. The van der Waals surface area contributed by atoms with Gasteiger partial charge in [-0.2, -0.15) is 0 Å². The number of amides is 2. The first kappa shape index (κ1) is 31.1. The van der Waals surface area contributed by atoms with E-state index in [4.69, 9.17) is 11.6 Å². The van der Waals surface area contributed by atoms with Gasteiger partial charge in [0.05, 0.1) is 11.9 Å². The molecular weight excluding hydrogens is 553 g/mol. The molecule has 0 aromatic heterocycles. The SMILES string of the molecule is CCCNC(=O)C(Cc1ccccc1)N(Cc1cccc(Cl)c1)C(=O)CCCN(c1ccc(F)cc1)S(C)(=O)=O. The maximum atomic E-state index is 13.8. The molecule has 3 aromatic carbocycles. The third-order valence-electron chi connectivity index (χ3n) is 6.33. The predicted molar refractivity (Wildman–Crippen MR) is 157 cm³/mol. The Morgan fingerprint density at radius 2 is 1.65 bits per heavy atom. The number of sulfonamides is 1. The number of rotatable bonds is 14. The number of carbonyl (C=O) groups is 2. The van der Waals surface area contributed by atoms with Crippen molar-refractivity contribution in [3.63, 3.8) is 0 Å². The van der Waals surface area contributed by atoms with Crippen molar-refractivity contribution >= 4 is 39.1 Å². The lowest BCUT2D eigenvalue weighted by Gasteiger charge is -2.32. The average molecular weight is 588 g/mol. The lowest BCUT2D eigenvalue weighted by atomic mass is 10.0. The molecule has 0 saturated carbocycles. The summed E-state index contributed by atoms with van der Waals surface area (Å²) < 4.78 is 39.5. The van der Waals surface area contributed by atoms with E-state index in [1.807, 2.05) is 43.3 Å². The maximum Gasteiger partial charge on any atom is 0.243 e. The monoisotopic (exact) mass is 587 g/mol. The fourth-order valence-corrected chi connectivity index (χ4v) is 5.54. The Bertz CT molecular complexity index is 1370. The molecule has 0 aliphatic carbocycles. The highest BCUT2D eigenvalue weighted by atomic mass is 35.5. The lowest BCUT2D eigenvalue weighted by Crippen LogP contribution is -2.50. The Labute approximate surface area is 241 Å². The second kappa shape index (κ2) is 14.8. The van der Waals surface area contributed by atoms with Crippen molar-refractivity contribution in [2.45, 2.75) is 45.2 Å². The van der Waals surface area contributed by atoms with Crippen molar-refractivity contribution in [1.29, 1.82) is 0 Å². The number of hydrogen-bond donors (Lipinski definition) is 1.